The van der Waals surface area contributed by atoms with Crippen molar-refractivity contribution in [1.29, 1.82) is 0 Å². The molecule has 0 spiro atoms. The molecule has 1 aliphatic heterocycles. The molecule has 1 aromatic carbocycles. The molecule has 156 valence electrons. The zero-order valence-corrected chi connectivity index (χ0v) is 17.9. The van der Waals surface area contributed by atoms with Crippen LogP contribution in [-0.2, 0) is 14.4 Å². The fourth-order valence-corrected chi connectivity index (χ4v) is 3.79. The molecule has 29 heavy (non-hydrogen) atoms. The zero-order chi connectivity index (χ0) is 21.6. The summed E-state index contributed by atoms with van der Waals surface area (Å²) in [7, 11) is 1.54. The minimum absolute atomic E-state index is 0.0474. The summed E-state index contributed by atoms with van der Waals surface area (Å²) in [5, 5.41) is 11.2. The van der Waals surface area contributed by atoms with Gasteiger partial charge in [-0.25, -0.2) is 0 Å². The van der Waals surface area contributed by atoms with Crippen LogP contribution in [0.15, 0.2) is 23.1 Å². The number of carboxylic acid groups (broad SMARTS) is 1. The van der Waals surface area contributed by atoms with Crippen LogP contribution in [0.2, 0.25) is 0 Å². The summed E-state index contributed by atoms with van der Waals surface area (Å²) in [4.78, 5) is 37.1. The standard InChI is InChI=1S/C19H22N2O6S2/c1-4-27-13-6-5-12(9-14(13)26-3)10-15-17(23)21(19(28)29-15)8-7-16(22)20-11(2)18(24)25/h5-6,9-11H,4,7-8H2,1-3H3,(H,20,22)(H,24,25). The molecule has 8 nitrogen and oxygen atoms in total. The number of hydrogen-bond acceptors (Lipinski definition) is 7. The van der Waals surface area contributed by atoms with Crippen molar-refractivity contribution >= 4 is 52.2 Å². The van der Waals surface area contributed by atoms with Gasteiger partial charge >= 0.3 is 5.97 Å². The van der Waals surface area contributed by atoms with Gasteiger partial charge in [-0.3, -0.25) is 19.3 Å². The molecule has 1 aromatic rings. The van der Waals surface area contributed by atoms with Gasteiger partial charge in [0, 0.05) is 13.0 Å². The monoisotopic (exact) mass is 438 g/mol. The van der Waals surface area contributed by atoms with Crippen LogP contribution in [0.1, 0.15) is 25.8 Å². The second kappa shape index (κ2) is 10.3. The van der Waals surface area contributed by atoms with Gasteiger partial charge in [0.25, 0.3) is 5.91 Å². The van der Waals surface area contributed by atoms with E-state index in [-0.39, 0.29) is 18.9 Å². The van der Waals surface area contributed by atoms with Gasteiger partial charge in [0.1, 0.15) is 10.4 Å². The number of nitrogens with zero attached hydrogens (tertiary/aromatic N) is 1. The van der Waals surface area contributed by atoms with Crippen molar-refractivity contribution < 1.29 is 29.0 Å². The minimum atomic E-state index is -1.13. The molecule has 0 saturated carbocycles. The van der Waals surface area contributed by atoms with Crippen LogP contribution in [0.3, 0.4) is 0 Å². The lowest BCUT2D eigenvalue weighted by atomic mass is 10.2. The number of carbonyl (C=O) groups excluding carboxylic acids is 2. The van der Waals surface area contributed by atoms with E-state index < -0.39 is 17.9 Å². The predicted molar refractivity (Wildman–Crippen MR) is 114 cm³/mol. The van der Waals surface area contributed by atoms with Crippen LogP contribution < -0.4 is 14.8 Å². The molecule has 2 amide bonds. The van der Waals surface area contributed by atoms with E-state index in [0.717, 1.165) is 17.3 Å². The van der Waals surface area contributed by atoms with Gasteiger partial charge in [-0.1, -0.05) is 30.0 Å². The van der Waals surface area contributed by atoms with Crippen molar-refractivity contribution in [2.45, 2.75) is 26.3 Å². The van der Waals surface area contributed by atoms with E-state index in [2.05, 4.69) is 5.32 Å². The Hall–Kier alpha value is -2.59. The fraction of sp³-hybridized carbons (Fsp3) is 0.368. The van der Waals surface area contributed by atoms with E-state index in [4.69, 9.17) is 26.8 Å². The highest BCUT2D eigenvalue weighted by atomic mass is 32.2. The molecule has 0 aromatic heterocycles. The summed E-state index contributed by atoms with van der Waals surface area (Å²) < 4.78 is 11.1. The maximum atomic E-state index is 12.7. The maximum absolute atomic E-state index is 12.7. The maximum Gasteiger partial charge on any atom is 0.325 e. The van der Waals surface area contributed by atoms with Gasteiger partial charge in [-0.05, 0) is 37.6 Å². The summed E-state index contributed by atoms with van der Waals surface area (Å²) in [6.07, 6.45) is 1.65. The predicted octanol–water partition coefficient (Wildman–Crippen LogP) is 2.27. The molecule has 1 saturated heterocycles. The fourth-order valence-electron chi connectivity index (χ4n) is 2.48. The highest BCUT2D eigenvalue weighted by molar-refractivity contribution is 8.26. The number of hydrogen-bond donors (Lipinski definition) is 2. The van der Waals surface area contributed by atoms with Crippen molar-refractivity contribution in [2.24, 2.45) is 0 Å². The Kier molecular flexibility index (Phi) is 8.03. The number of ether oxygens (including phenoxy) is 2. The number of amides is 2. The van der Waals surface area contributed by atoms with Gasteiger partial charge in [0.05, 0.1) is 18.6 Å². The van der Waals surface area contributed by atoms with E-state index >= 15 is 0 Å². The highest BCUT2D eigenvalue weighted by Gasteiger charge is 2.32. The molecule has 10 heteroatoms. The summed E-state index contributed by atoms with van der Waals surface area (Å²) in [6.45, 7) is 3.83. The Balaban J connectivity index is 2.06. The van der Waals surface area contributed by atoms with Gasteiger partial charge in [-0.15, -0.1) is 0 Å². The molecule has 0 aliphatic carbocycles. The van der Waals surface area contributed by atoms with Gasteiger partial charge < -0.3 is 19.9 Å². The number of benzene rings is 1. The normalized spacial score (nSPS) is 16.1. The molecule has 1 unspecified atom stereocenters. The largest absolute Gasteiger partial charge is 0.493 e. The van der Waals surface area contributed by atoms with E-state index in [1.165, 1.54) is 18.9 Å². The average molecular weight is 439 g/mol. The molecular formula is C19H22N2O6S2. The molecule has 1 atom stereocenters. The molecule has 1 aliphatic rings. The Bertz CT molecular complexity index is 855. The van der Waals surface area contributed by atoms with E-state index in [0.29, 0.717) is 27.3 Å². The highest BCUT2D eigenvalue weighted by Crippen LogP contribution is 2.34. The number of carbonyl (C=O) groups is 3. The first-order valence-electron chi connectivity index (χ1n) is 8.85. The molecule has 0 radical (unpaired) electrons. The molecule has 2 rings (SSSR count). The lowest BCUT2D eigenvalue weighted by Crippen LogP contribution is -2.40. The van der Waals surface area contributed by atoms with E-state index in [1.807, 2.05) is 6.92 Å². The molecule has 1 fully saturated rings. The first-order chi connectivity index (χ1) is 13.8. The third-order valence-corrected chi connectivity index (χ3v) is 5.35. The Morgan fingerprint density at radius 3 is 2.72 bits per heavy atom. The first-order valence-corrected chi connectivity index (χ1v) is 10.1. The number of thiocarbonyl (C=S) groups is 1. The van der Waals surface area contributed by atoms with Crippen molar-refractivity contribution in [3.8, 4) is 11.5 Å². The van der Waals surface area contributed by atoms with Gasteiger partial charge in [0.2, 0.25) is 5.91 Å². The van der Waals surface area contributed by atoms with E-state index in [9.17, 15) is 14.4 Å². The van der Waals surface area contributed by atoms with Gasteiger partial charge in [0.15, 0.2) is 11.5 Å². The average Bonchev–Trinajstić information content (AvgIpc) is 2.94. The lowest BCUT2D eigenvalue weighted by Gasteiger charge is -2.15. The van der Waals surface area contributed by atoms with Crippen molar-refractivity contribution in [3.63, 3.8) is 0 Å². The van der Waals surface area contributed by atoms with Crippen LogP contribution >= 0.6 is 24.0 Å². The minimum Gasteiger partial charge on any atom is -0.493 e. The van der Waals surface area contributed by atoms with Crippen LogP contribution in [0.4, 0.5) is 0 Å². The number of methoxy groups -OCH3 is 1. The van der Waals surface area contributed by atoms with Crippen molar-refractivity contribution in [3.05, 3.63) is 28.7 Å². The first kappa shape index (κ1) is 22.7. The number of carboxylic acids is 1. The quantitative estimate of drug-likeness (QED) is 0.447. The van der Waals surface area contributed by atoms with Crippen LogP contribution in [-0.4, -0.2) is 58.4 Å². The Morgan fingerprint density at radius 1 is 1.38 bits per heavy atom. The second-order valence-electron chi connectivity index (χ2n) is 6.05. The summed E-state index contributed by atoms with van der Waals surface area (Å²) in [5.41, 5.74) is 0.749. The molecule has 1 heterocycles. The van der Waals surface area contributed by atoms with Crippen molar-refractivity contribution in [2.75, 3.05) is 20.3 Å². The van der Waals surface area contributed by atoms with E-state index in [1.54, 1.807) is 24.3 Å². The number of rotatable bonds is 9. The Morgan fingerprint density at radius 2 is 2.10 bits per heavy atom. The summed E-state index contributed by atoms with van der Waals surface area (Å²) in [6, 6.07) is 4.34. The Labute approximate surface area is 178 Å². The van der Waals surface area contributed by atoms with Crippen LogP contribution in [0.25, 0.3) is 6.08 Å². The summed E-state index contributed by atoms with van der Waals surface area (Å²) in [5.74, 6) is -0.722. The smallest absolute Gasteiger partial charge is 0.325 e. The van der Waals surface area contributed by atoms with Gasteiger partial charge in [-0.2, -0.15) is 0 Å². The molecule has 0 bridgehead atoms. The van der Waals surface area contributed by atoms with Crippen molar-refractivity contribution in [1.82, 2.24) is 10.2 Å². The zero-order valence-electron chi connectivity index (χ0n) is 16.3. The lowest BCUT2D eigenvalue weighted by molar-refractivity contribution is -0.141. The number of thioether (sulfide) groups is 1. The molecular weight excluding hydrogens is 416 g/mol. The molecule has 2 N–H and O–H groups in total. The SMILES string of the molecule is CCOc1ccc(C=C2SC(=S)N(CCC(=O)NC(C)C(=O)O)C2=O)cc1OC. The third kappa shape index (κ3) is 5.94. The second-order valence-corrected chi connectivity index (χ2v) is 7.73. The summed E-state index contributed by atoms with van der Waals surface area (Å²) >= 11 is 6.40. The number of aliphatic carboxylic acids is 1. The van der Waals surface area contributed by atoms with Crippen LogP contribution in [0, 0.1) is 0 Å². The third-order valence-electron chi connectivity index (χ3n) is 3.97. The van der Waals surface area contributed by atoms with Crippen LogP contribution in [0.5, 0.6) is 11.5 Å². The number of nitrogens with one attached hydrogen (secondary N) is 1. The topological polar surface area (TPSA) is 105 Å².